The number of esters is 1. The minimum absolute atomic E-state index is 0.162. The first-order valence-corrected chi connectivity index (χ1v) is 5.67. The Morgan fingerprint density at radius 2 is 1.67 bits per heavy atom. The predicted molar refractivity (Wildman–Crippen MR) is 64.6 cm³/mol. The topological polar surface area (TPSA) is 96.2 Å². The van der Waals surface area contributed by atoms with E-state index in [1.54, 1.807) is 13.8 Å². The molecule has 6 heteroatoms. The van der Waals surface area contributed by atoms with Crippen LogP contribution in [-0.2, 0) is 14.3 Å². The van der Waals surface area contributed by atoms with Gasteiger partial charge in [0.25, 0.3) is 0 Å². The van der Waals surface area contributed by atoms with Crippen LogP contribution >= 0.6 is 0 Å². The molecule has 1 atom stereocenters. The number of hydrogen-bond donors (Lipinski definition) is 3. The summed E-state index contributed by atoms with van der Waals surface area (Å²) in [5.41, 5.74) is -1.29. The molecule has 0 aromatic heterocycles. The molecule has 0 saturated heterocycles. The van der Waals surface area contributed by atoms with E-state index in [0.29, 0.717) is 0 Å². The van der Waals surface area contributed by atoms with E-state index in [0.717, 1.165) is 0 Å². The zero-order valence-electron chi connectivity index (χ0n) is 11.0. The van der Waals surface area contributed by atoms with Gasteiger partial charge in [-0.25, -0.2) is 4.79 Å². The van der Waals surface area contributed by atoms with Crippen molar-refractivity contribution in [1.82, 2.24) is 0 Å². The van der Waals surface area contributed by atoms with E-state index in [2.05, 4.69) is 6.58 Å². The van der Waals surface area contributed by atoms with Crippen molar-refractivity contribution < 1.29 is 29.6 Å². The van der Waals surface area contributed by atoms with Crippen LogP contribution in [0.15, 0.2) is 12.2 Å². The standard InChI is InChI=1S/C12H22O6/c1-8(2)10(16)18-11(17-9(3)4)12(5-13,6-14)7-15/h9,11,13-15H,1,5-7H2,2-4H3. The number of aliphatic hydroxyl groups excluding tert-OH is 3. The van der Waals surface area contributed by atoms with E-state index in [1.165, 1.54) is 6.92 Å². The Balaban J connectivity index is 5.06. The lowest BCUT2D eigenvalue weighted by atomic mass is 9.90. The summed E-state index contributed by atoms with van der Waals surface area (Å²) >= 11 is 0. The Morgan fingerprint density at radius 1 is 1.22 bits per heavy atom. The van der Waals surface area contributed by atoms with Crippen LogP contribution in [0.25, 0.3) is 0 Å². The van der Waals surface area contributed by atoms with Crippen molar-refractivity contribution >= 4 is 5.97 Å². The molecule has 0 rings (SSSR count). The quantitative estimate of drug-likeness (QED) is 0.319. The highest BCUT2D eigenvalue weighted by molar-refractivity contribution is 5.87. The lowest BCUT2D eigenvalue weighted by molar-refractivity contribution is -0.241. The summed E-state index contributed by atoms with van der Waals surface area (Å²) in [6.45, 7) is 6.56. The minimum atomic E-state index is -1.45. The molecule has 0 aliphatic rings. The van der Waals surface area contributed by atoms with Crippen molar-refractivity contribution in [2.45, 2.75) is 33.2 Å². The van der Waals surface area contributed by atoms with Gasteiger partial charge in [0.05, 0.1) is 25.9 Å². The van der Waals surface area contributed by atoms with Crippen molar-refractivity contribution in [3.8, 4) is 0 Å². The molecule has 0 heterocycles. The Hall–Kier alpha value is -0.950. The van der Waals surface area contributed by atoms with Gasteiger partial charge in [0.2, 0.25) is 6.29 Å². The molecule has 0 amide bonds. The summed E-state index contributed by atoms with van der Waals surface area (Å²) in [5, 5.41) is 27.9. The van der Waals surface area contributed by atoms with E-state index in [1.807, 2.05) is 0 Å². The third-order valence-corrected chi connectivity index (χ3v) is 2.40. The fourth-order valence-electron chi connectivity index (χ4n) is 1.12. The highest BCUT2D eigenvalue weighted by atomic mass is 16.7. The minimum Gasteiger partial charge on any atom is -0.431 e. The highest BCUT2D eigenvalue weighted by Crippen LogP contribution is 2.26. The second-order valence-corrected chi connectivity index (χ2v) is 4.54. The fraction of sp³-hybridized carbons (Fsp3) is 0.750. The molecule has 106 valence electrons. The third-order valence-electron chi connectivity index (χ3n) is 2.40. The molecule has 0 fully saturated rings. The molecule has 0 radical (unpaired) electrons. The maximum absolute atomic E-state index is 11.5. The number of hydrogen-bond acceptors (Lipinski definition) is 6. The predicted octanol–water partition coefficient (Wildman–Crippen LogP) is -0.180. The molecule has 0 saturated carbocycles. The number of rotatable bonds is 8. The summed E-state index contributed by atoms with van der Waals surface area (Å²) < 4.78 is 10.4. The van der Waals surface area contributed by atoms with Crippen LogP contribution in [-0.4, -0.2) is 53.5 Å². The van der Waals surface area contributed by atoms with E-state index in [4.69, 9.17) is 9.47 Å². The number of carbonyl (C=O) groups is 1. The van der Waals surface area contributed by atoms with Crippen LogP contribution in [0, 0.1) is 5.41 Å². The summed E-state index contributed by atoms with van der Waals surface area (Å²) in [6.07, 6.45) is -1.56. The average Bonchev–Trinajstić information content (AvgIpc) is 2.30. The van der Waals surface area contributed by atoms with E-state index in [-0.39, 0.29) is 11.7 Å². The van der Waals surface area contributed by atoms with Crippen LogP contribution in [0.5, 0.6) is 0 Å². The fourth-order valence-corrected chi connectivity index (χ4v) is 1.12. The third kappa shape index (κ3) is 4.38. The lowest BCUT2D eigenvalue weighted by Crippen LogP contribution is -2.49. The normalized spacial score (nSPS) is 13.5. The summed E-state index contributed by atoms with van der Waals surface area (Å²) in [5.74, 6) is -0.708. The first kappa shape index (κ1) is 17.1. The van der Waals surface area contributed by atoms with Crippen LogP contribution in [0.4, 0.5) is 0 Å². The Labute approximate surface area is 107 Å². The van der Waals surface area contributed by atoms with Gasteiger partial charge in [-0.3, -0.25) is 0 Å². The van der Waals surface area contributed by atoms with E-state index >= 15 is 0 Å². The molecule has 0 bridgehead atoms. The van der Waals surface area contributed by atoms with Crippen molar-refractivity contribution in [3.63, 3.8) is 0 Å². The molecule has 0 spiro atoms. The summed E-state index contributed by atoms with van der Waals surface area (Å²) in [6, 6.07) is 0. The number of ether oxygens (including phenoxy) is 2. The van der Waals surface area contributed by atoms with Gasteiger partial charge in [0.1, 0.15) is 5.41 Å². The number of aliphatic hydroxyl groups is 3. The van der Waals surface area contributed by atoms with Gasteiger partial charge in [-0.05, 0) is 20.8 Å². The zero-order valence-corrected chi connectivity index (χ0v) is 11.0. The Bertz CT molecular complexity index is 274. The molecule has 0 aromatic rings. The first-order chi connectivity index (χ1) is 8.32. The SMILES string of the molecule is C=C(C)C(=O)OC(OC(C)C)C(CO)(CO)CO. The molecule has 0 aliphatic heterocycles. The second kappa shape index (κ2) is 7.48. The van der Waals surface area contributed by atoms with Gasteiger partial charge in [0.15, 0.2) is 0 Å². The Kier molecular flexibility index (Phi) is 7.08. The zero-order chi connectivity index (χ0) is 14.3. The van der Waals surface area contributed by atoms with Gasteiger partial charge >= 0.3 is 5.97 Å². The molecular formula is C12H22O6. The summed E-state index contributed by atoms with van der Waals surface area (Å²) in [7, 11) is 0. The van der Waals surface area contributed by atoms with E-state index < -0.39 is 37.5 Å². The molecule has 0 aromatic carbocycles. The van der Waals surface area contributed by atoms with Crippen LogP contribution in [0.3, 0.4) is 0 Å². The lowest BCUT2D eigenvalue weighted by Gasteiger charge is -2.36. The monoisotopic (exact) mass is 262 g/mol. The van der Waals surface area contributed by atoms with Crippen molar-refractivity contribution in [1.29, 1.82) is 0 Å². The van der Waals surface area contributed by atoms with Gasteiger partial charge < -0.3 is 24.8 Å². The van der Waals surface area contributed by atoms with Gasteiger partial charge in [0, 0.05) is 5.57 Å². The molecule has 3 N–H and O–H groups in total. The first-order valence-electron chi connectivity index (χ1n) is 5.67. The summed E-state index contributed by atoms with van der Waals surface area (Å²) in [4.78, 5) is 11.5. The largest absolute Gasteiger partial charge is 0.431 e. The smallest absolute Gasteiger partial charge is 0.335 e. The van der Waals surface area contributed by atoms with Crippen molar-refractivity contribution in [2.75, 3.05) is 19.8 Å². The molecule has 6 nitrogen and oxygen atoms in total. The van der Waals surface area contributed by atoms with Crippen molar-refractivity contribution in [3.05, 3.63) is 12.2 Å². The maximum atomic E-state index is 11.5. The van der Waals surface area contributed by atoms with Crippen LogP contribution in [0.2, 0.25) is 0 Å². The Morgan fingerprint density at radius 3 is 1.94 bits per heavy atom. The molecule has 18 heavy (non-hydrogen) atoms. The maximum Gasteiger partial charge on any atom is 0.335 e. The van der Waals surface area contributed by atoms with Crippen LogP contribution in [0.1, 0.15) is 20.8 Å². The molecule has 0 aliphatic carbocycles. The van der Waals surface area contributed by atoms with Gasteiger partial charge in [-0.2, -0.15) is 0 Å². The highest BCUT2D eigenvalue weighted by Gasteiger charge is 2.42. The second-order valence-electron chi connectivity index (χ2n) is 4.54. The molecular weight excluding hydrogens is 240 g/mol. The van der Waals surface area contributed by atoms with Crippen LogP contribution < -0.4 is 0 Å². The van der Waals surface area contributed by atoms with Crippen molar-refractivity contribution in [2.24, 2.45) is 5.41 Å². The van der Waals surface area contributed by atoms with E-state index in [9.17, 15) is 20.1 Å². The molecule has 1 unspecified atom stereocenters. The average molecular weight is 262 g/mol. The van der Waals surface area contributed by atoms with Gasteiger partial charge in [-0.15, -0.1) is 0 Å². The number of carbonyl (C=O) groups excluding carboxylic acids is 1. The van der Waals surface area contributed by atoms with Gasteiger partial charge in [-0.1, -0.05) is 6.58 Å².